The van der Waals surface area contributed by atoms with Crippen molar-refractivity contribution in [3.05, 3.63) is 0 Å². The molecule has 1 N–H and O–H groups in total. The molecule has 6 heteroatoms. The quantitative estimate of drug-likeness (QED) is 0.112. The molecule has 0 aromatic heterocycles. The highest BCUT2D eigenvalue weighted by atomic mass is 35.5. The summed E-state index contributed by atoms with van der Waals surface area (Å²) in [7, 11) is 2.65. The third-order valence-electron chi connectivity index (χ3n) is 6.34. The van der Waals surface area contributed by atoms with Crippen LogP contribution in [0.25, 0.3) is 0 Å². The summed E-state index contributed by atoms with van der Waals surface area (Å²) in [5.74, 6) is 0. The van der Waals surface area contributed by atoms with Crippen LogP contribution in [0.2, 0.25) is 6.04 Å². The Morgan fingerprint density at radius 1 is 0.613 bits per heavy atom. The minimum atomic E-state index is -2.41. The fourth-order valence-electron chi connectivity index (χ4n) is 4.07. The Morgan fingerprint density at radius 2 is 0.968 bits per heavy atom. The zero-order valence-electron chi connectivity index (χ0n) is 21.6. The molecule has 0 rings (SSSR count). The Balaban J connectivity index is 0. The fourth-order valence-corrected chi connectivity index (χ4v) is 5.97. The van der Waals surface area contributed by atoms with Crippen molar-refractivity contribution in [2.45, 2.75) is 135 Å². The summed E-state index contributed by atoms with van der Waals surface area (Å²) in [5.41, 5.74) is 0. The number of nitrogens with one attached hydrogen (secondary N) is 1. The first kappa shape index (κ1) is 33.5. The molecule has 31 heavy (non-hydrogen) atoms. The first-order valence-corrected chi connectivity index (χ1v) is 15.0. The molecule has 0 fully saturated rings. The molecule has 0 bridgehead atoms. The van der Waals surface area contributed by atoms with Crippen LogP contribution in [0, 0.1) is 0 Å². The Bertz CT molecular complexity index is 338. The van der Waals surface area contributed by atoms with Crippen molar-refractivity contribution in [2.24, 2.45) is 0 Å². The van der Waals surface area contributed by atoms with E-state index >= 15 is 0 Å². The van der Waals surface area contributed by atoms with Crippen molar-refractivity contribution in [2.75, 3.05) is 27.9 Å². The highest BCUT2D eigenvalue weighted by Crippen LogP contribution is 2.17. The molecule has 4 nitrogen and oxygen atoms in total. The third kappa shape index (κ3) is 20.7. The van der Waals surface area contributed by atoms with Crippen LogP contribution in [0.15, 0.2) is 0 Å². The van der Waals surface area contributed by atoms with Crippen molar-refractivity contribution < 1.29 is 13.3 Å². The SMILES string of the molecule is CCCCCCCCCCCCCCCCCCNC(C)CC[Si](OC)(OC)OC.Cl. The van der Waals surface area contributed by atoms with Crippen LogP contribution in [-0.2, 0) is 13.3 Å². The van der Waals surface area contributed by atoms with Crippen molar-refractivity contribution in [1.82, 2.24) is 5.32 Å². The molecular weight excluding hydrogens is 426 g/mol. The molecule has 190 valence electrons. The summed E-state index contributed by atoms with van der Waals surface area (Å²) in [6.07, 6.45) is 23.8. The van der Waals surface area contributed by atoms with Gasteiger partial charge in [-0.25, -0.2) is 0 Å². The van der Waals surface area contributed by atoms with Crippen LogP contribution in [0.5, 0.6) is 0 Å². The predicted molar refractivity (Wildman–Crippen MR) is 140 cm³/mol. The van der Waals surface area contributed by atoms with Gasteiger partial charge in [-0.05, 0) is 26.3 Å². The van der Waals surface area contributed by atoms with E-state index in [9.17, 15) is 0 Å². The van der Waals surface area contributed by atoms with Gasteiger partial charge in [0.15, 0.2) is 0 Å². The molecule has 0 saturated heterocycles. The van der Waals surface area contributed by atoms with Gasteiger partial charge in [-0.15, -0.1) is 12.4 Å². The lowest BCUT2D eigenvalue weighted by molar-refractivity contribution is 0.122. The van der Waals surface area contributed by atoms with Gasteiger partial charge in [0.25, 0.3) is 0 Å². The van der Waals surface area contributed by atoms with E-state index in [1.54, 1.807) is 21.3 Å². The van der Waals surface area contributed by atoms with Crippen LogP contribution in [0.3, 0.4) is 0 Å². The number of hydrogen-bond acceptors (Lipinski definition) is 4. The molecular formula is C25H56ClNO3Si. The average molecular weight is 482 g/mol. The Hall–Kier alpha value is 0.347. The van der Waals surface area contributed by atoms with E-state index < -0.39 is 8.80 Å². The summed E-state index contributed by atoms with van der Waals surface area (Å²) in [4.78, 5) is 0. The topological polar surface area (TPSA) is 39.7 Å². The van der Waals surface area contributed by atoms with Gasteiger partial charge in [0.2, 0.25) is 0 Å². The van der Waals surface area contributed by atoms with Crippen LogP contribution in [0.1, 0.15) is 123 Å². The van der Waals surface area contributed by atoms with Crippen LogP contribution < -0.4 is 5.32 Å². The summed E-state index contributed by atoms with van der Waals surface area (Å²) >= 11 is 0. The van der Waals surface area contributed by atoms with Crippen LogP contribution in [-0.4, -0.2) is 42.7 Å². The van der Waals surface area contributed by atoms with Crippen molar-refractivity contribution in [3.8, 4) is 0 Å². The lowest BCUT2D eigenvalue weighted by atomic mass is 10.0. The van der Waals surface area contributed by atoms with Gasteiger partial charge in [0.1, 0.15) is 0 Å². The van der Waals surface area contributed by atoms with E-state index in [2.05, 4.69) is 19.2 Å². The molecule has 0 spiro atoms. The molecule has 0 heterocycles. The van der Waals surface area contributed by atoms with Crippen molar-refractivity contribution in [3.63, 3.8) is 0 Å². The fraction of sp³-hybridized carbons (Fsp3) is 1.00. The Labute approximate surface area is 202 Å². The standard InChI is InChI=1S/C25H55NO3Si.ClH/c1-6-7-8-9-10-11-12-13-14-15-16-17-18-19-20-21-23-26-25(2)22-24-30(27-3,28-4)29-5;/h25-26H,6-24H2,1-5H3;1H. The number of unbranched alkanes of at least 4 members (excludes halogenated alkanes) is 15. The zero-order chi connectivity index (χ0) is 22.3. The Kier molecular flexibility index (Phi) is 27.0. The normalized spacial score (nSPS) is 12.7. The minimum Gasteiger partial charge on any atom is -0.377 e. The number of halogens is 1. The largest absolute Gasteiger partial charge is 0.500 e. The second-order valence-corrected chi connectivity index (χ2v) is 12.1. The molecule has 1 atom stereocenters. The predicted octanol–water partition coefficient (Wildman–Crippen LogP) is 7.92. The van der Waals surface area contributed by atoms with Crippen molar-refractivity contribution in [1.29, 1.82) is 0 Å². The molecule has 0 saturated carbocycles. The van der Waals surface area contributed by atoms with E-state index in [-0.39, 0.29) is 12.4 Å². The van der Waals surface area contributed by atoms with E-state index in [1.165, 1.54) is 103 Å². The molecule has 0 amide bonds. The number of rotatable bonds is 24. The maximum absolute atomic E-state index is 5.49. The third-order valence-corrected chi connectivity index (χ3v) is 9.11. The van der Waals surface area contributed by atoms with E-state index in [1.807, 2.05) is 0 Å². The maximum Gasteiger partial charge on any atom is 0.500 e. The molecule has 0 aliphatic rings. The highest BCUT2D eigenvalue weighted by molar-refractivity contribution is 6.60. The summed E-state index contributed by atoms with van der Waals surface area (Å²) in [6, 6.07) is 1.34. The minimum absolute atomic E-state index is 0. The molecule has 0 aliphatic heterocycles. The van der Waals surface area contributed by atoms with Gasteiger partial charge in [0.05, 0.1) is 0 Å². The monoisotopic (exact) mass is 481 g/mol. The molecule has 0 aromatic rings. The summed E-state index contributed by atoms with van der Waals surface area (Å²) < 4.78 is 16.5. The smallest absolute Gasteiger partial charge is 0.377 e. The van der Waals surface area contributed by atoms with E-state index in [4.69, 9.17) is 13.3 Å². The van der Waals surface area contributed by atoms with Crippen LogP contribution in [0.4, 0.5) is 0 Å². The van der Waals surface area contributed by atoms with Gasteiger partial charge >= 0.3 is 8.80 Å². The van der Waals surface area contributed by atoms with Crippen molar-refractivity contribution >= 4 is 21.2 Å². The summed E-state index contributed by atoms with van der Waals surface area (Å²) in [6.45, 7) is 5.65. The highest BCUT2D eigenvalue weighted by Gasteiger charge is 2.37. The van der Waals surface area contributed by atoms with E-state index in [0.717, 1.165) is 19.0 Å². The van der Waals surface area contributed by atoms with Gasteiger partial charge in [-0.1, -0.05) is 103 Å². The molecule has 0 aliphatic carbocycles. The lowest BCUT2D eigenvalue weighted by Crippen LogP contribution is -2.44. The second-order valence-electron chi connectivity index (χ2n) is 8.99. The van der Waals surface area contributed by atoms with Gasteiger partial charge in [-0.2, -0.15) is 0 Å². The maximum atomic E-state index is 5.49. The lowest BCUT2D eigenvalue weighted by Gasteiger charge is -2.25. The number of hydrogen-bond donors (Lipinski definition) is 1. The van der Waals surface area contributed by atoms with E-state index in [0.29, 0.717) is 6.04 Å². The summed E-state index contributed by atoms with van der Waals surface area (Å²) in [5, 5.41) is 3.63. The van der Waals surface area contributed by atoms with Gasteiger partial charge in [0, 0.05) is 33.4 Å². The first-order valence-electron chi connectivity index (χ1n) is 13.0. The first-order chi connectivity index (χ1) is 14.6. The van der Waals surface area contributed by atoms with Gasteiger partial charge < -0.3 is 18.6 Å². The second kappa shape index (κ2) is 25.0. The van der Waals surface area contributed by atoms with Gasteiger partial charge in [-0.3, -0.25) is 0 Å². The van der Waals surface area contributed by atoms with Crippen LogP contribution >= 0.6 is 12.4 Å². The average Bonchev–Trinajstić information content (AvgIpc) is 2.77. The molecule has 0 aromatic carbocycles. The molecule has 0 radical (unpaired) electrons. The molecule has 1 unspecified atom stereocenters. The zero-order valence-corrected chi connectivity index (χ0v) is 23.5. The Morgan fingerprint density at radius 3 is 1.32 bits per heavy atom.